The van der Waals surface area contributed by atoms with Gasteiger partial charge < -0.3 is 15.8 Å². The van der Waals surface area contributed by atoms with Crippen LogP contribution in [-0.4, -0.2) is 17.1 Å². The van der Waals surface area contributed by atoms with Crippen molar-refractivity contribution < 1.29 is 4.74 Å². The Morgan fingerprint density at radius 1 is 1.37 bits per heavy atom. The molecule has 0 unspecified atom stereocenters. The van der Waals surface area contributed by atoms with E-state index in [1.165, 1.54) is 0 Å². The van der Waals surface area contributed by atoms with Crippen LogP contribution in [-0.2, 0) is 6.54 Å². The van der Waals surface area contributed by atoms with Crippen LogP contribution in [0.2, 0.25) is 0 Å². The highest BCUT2D eigenvalue weighted by molar-refractivity contribution is 7.80. The Morgan fingerprint density at radius 3 is 2.95 bits per heavy atom. The van der Waals surface area contributed by atoms with E-state index in [1.54, 1.807) is 13.3 Å². The monoisotopic (exact) mass is 273 g/mol. The highest BCUT2D eigenvalue weighted by Crippen LogP contribution is 2.16. The van der Waals surface area contributed by atoms with Crippen LogP contribution in [0.3, 0.4) is 0 Å². The number of ether oxygens (including phenoxy) is 1. The van der Waals surface area contributed by atoms with Gasteiger partial charge in [-0.3, -0.25) is 4.98 Å². The van der Waals surface area contributed by atoms with Crippen LogP contribution in [0, 0.1) is 0 Å². The summed E-state index contributed by atoms with van der Waals surface area (Å²) < 4.78 is 5.19. The molecule has 0 radical (unpaired) electrons. The van der Waals surface area contributed by atoms with Gasteiger partial charge in [0.1, 0.15) is 16.4 Å². The molecule has 1 aromatic heterocycles. The molecule has 0 spiro atoms. The lowest BCUT2D eigenvalue weighted by Crippen LogP contribution is -2.15. The van der Waals surface area contributed by atoms with Crippen molar-refractivity contribution in [3.8, 4) is 5.75 Å². The van der Waals surface area contributed by atoms with Crippen LogP contribution in [0.5, 0.6) is 5.75 Å². The Balaban J connectivity index is 2.12. The fourth-order valence-corrected chi connectivity index (χ4v) is 1.89. The minimum atomic E-state index is 0.286. The zero-order chi connectivity index (χ0) is 13.7. The topological polar surface area (TPSA) is 60.2 Å². The van der Waals surface area contributed by atoms with Gasteiger partial charge in [-0.15, -0.1) is 0 Å². The standard InChI is InChI=1S/C14H15N3OS/c1-18-11-5-2-4-10(8-11)9-17-12-6-3-7-16-13(12)14(15)19/h2-8,17H,9H2,1H3,(H2,15,19). The smallest absolute Gasteiger partial charge is 0.124 e. The molecule has 0 atom stereocenters. The first-order valence-corrected chi connectivity index (χ1v) is 6.23. The summed E-state index contributed by atoms with van der Waals surface area (Å²) in [6, 6.07) is 11.6. The number of thiocarbonyl (C=S) groups is 1. The van der Waals surface area contributed by atoms with Crippen LogP contribution in [0.4, 0.5) is 5.69 Å². The average molecular weight is 273 g/mol. The molecule has 0 fully saturated rings. The predicted octanol–water partition coefficient (Wildman–Crippen LogP) is 2.34. The molecule has 1 heterocycles. The maximum atomic E-state index is 5.64. The molecule has 3 N–H and O–H groups in total. The third-order valence-electron chi connectivity index (χ3n) is 2.66. The minimum absolute atomic E-state index is 0.286. The Bertz CT molecular complexity index is 586. The van der Waals surface area contributed by atoms with Gasteiger partial charge in [-0.05, 0) is 29.8 Å². The molecule has 0 saturated carbocycles. The Morgan fingerprint density at radius 2 is 2.21 bits per heavy atom. The van der Waals surface area contributed by atoms with Gasteiger partial charge in [-0.2, -0.15) is 0 Å². The summed E-state index contributed by atoms with van der Waals surface area (Å²) in [6.45, 7) is 0.651. The summed E-state index contributed by atoms with van der Waals surface area (Å²) in [5, 5.41) is 3.28. The molecular weight excluding hydrogens is 258 g/mol. The van der Waals surface area contributed by atoms with E-state index >= 15 is 0 Å². The van der Waals surface area contributed by atoms with Crippen molar-refractivity contribution in [3.05, 3.63) is 53.9 Å². The third-order valence-corrected chi connectivity index (χ3v) is 2.85. The molecular formula is C14H15N3OS. The molecule has 0 saturated heterocycles. The van der Waals surface area contributed by atoms with E-state index in [2.05, 4.69) is 10.3 Å². The van der Waals surface area contributed by atoms with Crippen LogP contribution in [0.25, 0.3) is 0 Å². The van der Waals surface area contributed by atoms with Gasteiger partial charge in [0, 0.05) is 12.7 Å². The van der Waals surface area contributed by atoms with Crippen molar-refractivity contribution in [1.29, 1.82) is 0 Å². The number of anilines is 1. The molecule has 2 rings (SSSR count). The molecule has 0 aliphatic heterocycles. The summed E-state index contributed by atoms with van der Waals surface area (Å²) in [7, 11) is 1.65. The molecule has 19 heavy (non-hydrogen) atoms. The Hall–Kier alpha value is -2.14. The van der Waals surface area contributed by atoms with E-state index in [0.29, 0.717) is 12.2 Å². The van der Waals surface area contributed by atoms with Crippen molar-refractivity contribution in [3.63, 3.8) is 0 Å². The van der Waals surface area contributed by atoms with Crippen LogP contribution in [0.1, 0.15) is 11.3 Å². The first kappa shape index (κ1) is 13.3. The fraction of sp³-hybridized carbons (Fsp3) is 0.143. The molecule has 4 nitrogen and oxygen atoms in total. The van der Waals surface area contributed by atoms with Crippen molar-refractivity contribution >= 4 is 22.9 Å². The molecule has 0 aliphatic carbocycles. The summed E-state index contributed by atoms with van der Waals surface area (Å²) in [6.07, 6.45) is 1.67. The normalized spacial score (nSPS) is 9.95. The number of nitrogens with two attached hydrogens (primary N) is 1. The van der Waals surface area contributed by atoms with Crippen LogP contribution < -0.4 is 15.8 Å². The second-order valence-corrected chi connectivity index (χ2v) is 4.41. The number of hydrogen-bond acceptors (Lipinski definition) is 4. The number of benzene rings is 1. The van der Waals surface area contributed by atoms with Gasteiger partial charge in [0.25, 0.3) is 0 Å². The number of pyridine rings is 1. The van der Waals surface area contributed by atoms with Crippen molar-refractivity contribution in [1.82, 2.24) is 4.98 Å². The van der Waals surface area contributed by atoms with Gasteiger partial charge in [0.2, 0.25) is 0 Å². The van der Waals surface area contributed by atoms with Gasteiger partial charge in [0.05, 0.1) is 12.8 Å². The van der Waals surface area contributed by atoms with E-state index in [-0.39, 0.29) is 4.99 Å². The molecule has 0 amide bonds. The fourth-order valence-electron chi connectivity index (χ4n) is 1.72. The molecule has 2 aromatic rings. The van der Waals surface area contributed by atoms with Gasteiger partial charge in [-0.1, -0.05) is 24.4 Å². The van der Waals surface area contributed by atoms with Gasteiger partial charge >= 0.3 is 0 Å². The third kappa shape index (κ3) is 3.42. The second kappa shape index (κ2) is 6.15. The van der Waals surface area contributed by atoms with Crippen LogP contribution in [0.15, 0.2) is 42.6 Å². The second-order valence-electron chi connectivity index (χ2n) is 3.97. The maximum Gasteiger partial charge on any atom is 0.124 e. The number of methoxy groups -OCH3 is 1. The number of hydrogen-bond donors (Lipinski definition) is 2. The van der Waals surface area contributed by atoms with E-state index in [9.17, 15) is 0 Å². The van der Waals surface area contributed by atoms with E-state index < -0.39 is 0 Å². The summed E-state index contributed by atoms with van der Waals surface area (Å²) in [5.41, 5.74) is 8.19. The number of nitrogens with one attached hydrogen (secondary N) is 1. The number of aromatic nitrogens is 1. The van der Waals surface area contributed by atoms with E-state index in [4.69, 9.17) is 22.7 Å². The lowest BCUT2D eigenvalue weighted by atomic mass is 10.2. The van der Waals surface area contributed by atoms with E-state index in [1.807, 2.05) is 36.4 Å². The summed E-state index contributed by atoms with van der Waals surface area (Å²) in [4.78, 5) is 4.46. The molecule has 5 heteroatoms. The zero-order valence-electron chi connectivity index (χ0n) is 10.6. The zero-order valence-corrected chi connectivity index (χ0v) is 11.4. The predicted molar refractivity (Wildman–Crippen MR) is 80.4 cm³/mol. The summed E-state index contributed by atoms with van der Waals surface area (Å²) >= 11 is 4.98. The SMILES string of the molecule is COc1cccc(CNc2cccnc2C(N)=S)c1. The van der Waals surface area contributed by atoms with Gasteiger partial charge in [0.15, 0.2) is 0 Å². The minimum Gasteiger partial charge on any atom is -0.497 e. The lowest BCUT2D eigenvalue weighted by molar-refractivity contribution is 0.414. The average Bonchev–Trinajstić information content (AvgIpc) is 2.45. The number of rotatable bonds is 5. The highest BCUT2D eigenvalue weighted by atomic mass is 32.1. The van der Waals surface area contributed by atoms with Crippen molar-refractivity contribution in [2.45, 2.75) is 6.54 Å². The number of nitrogens with zero attached hydrogens (tertiary/aromatic N) is 1. The molecule has 98 valence electrons. The van der Waals surface area contributed by atoms with Crippen LogP contribution >= 0.6 is 12.2 Å². The Kier molecular flexibility index (Phi) is 4.30. The molecule has 0 aliphatic rings. The quantitative estimate of drug-likeness (QED) is 0.819. The lowest BCUT2D eigenvalue weighted by Gasteiger charge is -2.10. The van der Waals surface area contributed by atoms with E-state index in [0.717, 1.165) is 17.0 Å². The first-order chi connectivity index (χ1) is 9.20. The highest BCUT2D eigenvalue weighted by Gasteiger charge is 2.05. The first-order valence-electron chi connectivity index (χ1n) is 5.82. The van der Waals surface area contributed by atoms with Gasteiger partial charge in [-0.25, -0.2) is 0 Å². The Labute approximate surface area is 117 Å². The van der Waals surface area contributed by atoms with Crippen molar-refractivity contribution in [2.75, 3.05) is 12.4 Å². The van der Waals surface area contributed by atoms with Crippen molar-refractivity contribution in [2.24, 2.45) is 5.73 Å². The summed E-state index contributed by atoms with van der Waals surface area (Å²) in [5.74, 6) is 0.833. The molecule has 1 aromatic carbocycles. The molecule has 0 bridgehead atoms. The largest absolute Gasteiger partial charge is 0.497 e. The maximum absolute atomic E-state index is 5.64.